The van der Waals surface area contributed by atoms with Gasteiger partial charge in [0.15, 0.2) is 5.96 Å². The Balaban J connectivity index is 2.00. The lowest BCUT2D eigenvalue weighted by Gasteiger charge is -2.43. The number of thioether (sulfide) groups is 1. The number of likely N-dealkylation sites (N-methyl/N-ethyl adjacent to an activating group) is 1. The highest BCUT2D eigenvalue weighted by molar-refractivity contribution is 7.98. The predicted octanol–water partition coefficient (Wildman–Crippen LogP) is 2.09. The Morgan fingerprint density at radius 1 is 1.24 bits per heavy atom. The van der Waals surface area contributed by atoms with Crippen LogP contribution >= 0.6 is 11.8 Å². The van der Waals surface area contributed by atoms with E-state index < -0.39 is 0 Å². The van der Waals surface area contributed by atoms with Crippen molar-refractivity contribution in [3.8, 4) is 0 Å². The van der Waals surface area contributed by atoms with Gasteiger partial charge >= 0.3 is 0 Å². The average Bonchev–Trinajstić information content (AvgIpc) is 2.58. The maximum atomic E-state index is 11.8. The van der Waals surface area contributed by atoms with Gasteiger partial charge in [0, 0.05) is 38.4 Å². The van der Waals surface area contributed by atoms with Gasteiger partial charge in [0.25, 0.3) is 0 Å². The molecule has 5 nitrogen and oxygen atoms in total. The third-order valence-corrected chi connectivity index (χ3v) is 5.37. The quantitative estimate of drug-likeness (QED) is 0.422. The zero-order valence-electron chi connectivity index (χ0n) is 15.5. The standard InChI is InChI=1S/C19H30N4OS/c1-23(2)17(24)14-21-18(20-12-13-25-3)22-15-19(10-7-11-19)16-8-5-4-6-9-16/h4-6,8-9H,7,10-15H2,1-3H3,(H2,20,21,22). The van der Waals surface area contributed by atoms with Gasteiger partial charge in [-0.3, -0.25) is 4.79 Å². The zero-order chi connectivity index (χ0) is 18.1. The molecular formula is C19H30N4OS. The molecule has 0 radical (unpaired) electrons. The van der Waals surface area contributed by atoms with Crippen molar-refractivity contribution < 1.29 is 4.79 Å². The number of nitrogens with zero attached hydrogens (tertiary/aromatic N) is 2. The first-order chi connectivity index (χ1) is 12.1. The van der Waals surface area contributed by atoms with Gasteiger partial charge in [0.05, 0.1) is 0 Å². The highest BCUT2D eigenvalue weighted by atomic mass is 32.2. The molecule has 1 aromatic carbocycles. The molecule has 0 aliphatic heterocycles. The van der Waals surface area contributed by atoms with Crippen LogP contribution in [0.3, 0.4) is 0 Å². The van der Waals surface area contributed by atoms with Gasteiger partial charge in [-0.05, 0) is 24.7 Å². The molecule has 1 aromatic rings. The van der Waals surface area contributed by atoms with E-state index in [1.54, 1.807) is 30.8 Å². The van der Waals surface area contributed by atoms with E-state index >= 15 is 0 Å². The minimum atomic E-state index is 0.00684. The molecule has 0 heterocycles. The number of carbonyl (C=O) groups is 1. The van der Waals surface area contributed by atoms with E-state index in [2.05, 4.69) is 52.2 Å². The van der Waals surface area contributed by atoms with Crippen LogP contribution in [0.5, 0.6) is 0 Å². The summed E-state index contributed by atoms with van der Waals surface area (Å²) >= 11 is 1.79. The van der Waals surface area contributed by atoms with E-state index in [1.165, 1.54) is 24.8 Å². The van der Waals surface area contributed by atoms with Crippen LogP contribution in [-0.4, -0.2) is 62.5 Å². The van der Waals surface area contributed by atoms with Crippen LogP contribution in [0.25, 0.3) is 0 Å². The molecular weight excluding hydrogens is 332 g/mol. The molecule has 25 heavy (non-hydrogen) atoms. The molecule has 2 rings (SSSR count). The van der Waals surface area contributed by atoms with Crippen LogP contribution in [0.4, 0.5) is 0 Å². The Kier molecular flexibility index (Phi) is 7.62. The van der Waals surface area contributed by atoms with Crippen molar-refractivity contribution in [2.24, 2.45) is 4.99 Å². The minimum absolute atomic E-state index is 0.00684. The third-order valence-electron chi connectivity index (χ3n) is 4.76. The number of aliphatic imine (C=N–C) groups is 1. The lowest BCUT2D eigenvalue weighted by atomic mass is 9.64. The third kappa shape index (κ3) is 5.66. The van der Waals surface area contributed by atoms with Gasteiger partial charge in [-0.15, -0.1) is 0 Å². The van der Waals surface area contributed by atoms with Gasteiger partial charge in [-0.25, -0.2) is 4.99 Å². The second-order valence-electron chi connectivity index (χ2n) is 6.73. The van der Waals surface area contributed by atoms with Crippen LogP contribution in [0, 0.1) is 0 Å². The van der Waals surface area contributed by atoms with Gasteiger partial charge in [0.2, 0.25) is 5.91 Å². The van der Waals surface area contributed by atoms with Crippen molar-refractivity contribution in [2.75, 3.05) is 45.7 Å². The summed E-state index contributed by atoms with van der Waals surface area (Å²) in [5, 5.41) is 6.81. The van der Waals surface area contributed by atoms with Crippen LogP contribution in [0.2, 0.25) is 0 Å². The highest BCUT2D eigenvalue weighted by Crippen LogP contribution is 2.43. The summed E-state index contributed by atoms with van der Waals surface area (Å²) in [6, 6.07) is 10.7. The first-order valence-corrected chi connectivity index (χ1v) is 10.2. The number of rotatable bonds is 8. The molecule has 1 saturated carbocycles. The lowest BCUT2D eigenvalue weighted by Crippen LogP contribution is -2.49. The van der Waals surface area contributed by atoms with Gasteiger partial charge in [0.1, 0.15) is 6.54 Å². The molecule has 0 bridgehead atoms. The molecule has 0 atom stereocenters. The molecule has 1 aliphatic carbocycles. The van der Waals surface area contributed by atoms with Crippen molar-refractivity contribution in [1.29, 1.82) is 0 Å². The first-order valence-electron chi connectivity index (χ1n) is 8.84. The summed E-state index contributed by atoms with van der Waals surface area (Å²) < 4.78 is 0. The van der Waals surface area contributed by atoms with Crippen molar-refractivity contribution in [2.45, 2.75) is 24.7 Å². The second kappa shape index (κ2) is 9.70. The summed E-state index contributed by atoms with van der Waals surface area (Å²) in [5.74, 6) is 1.74. The van der Waals surface area contributed by atoms with E-state index in [1.807, 2.05) is 0 Å². The van der Waals surface area contributed by atoms with E-state index in [-0.39, 0.29) is 17.9 Å². The number of nitrogens with one attached hydrogen (secondary N) is 2. The molecule has 138 valence electrons. The first kappa shape index (κ1) is 19.6. The van der Waals surface area contributed by atoms with Crippen LogP contribution < -0.4 is 10.6 Å². The van der Waals surface area contributed by atoms with Crippen molar-refractivity contribution in [1.82, 2.24) is 15.5 Å². The summed E-state index contributed by atoms with van der Waals surface area (Å²) in [5.41, 5.74) is 1.58. The van der Waals surface area contributed by atoms with E-state index in [9.17, 15) is 4.79 Å². The molecule has 6 heteroatoms. The largest absolute Gasteiger partial charge is 0.356 e. The van der Waals surface area contributed by atoms with E-state index in [0.29, 0.717) is 0 Å². The fourth-order valence-corrected chi connectivity index (χ4v) is 3.26. The molecule has 0 aromatic heterocycles. The number of hydrogen-bond acceptors (Lipinski definition) is 3. The molecule has 0 saturated heterocycles. The predicted molar refractivity (Wildman–Crippen MR) is 107 cm³/mol. The summed E-state index contributed by atoms with van der Waals surface area (Å²) in [4.78, 5) is 17.9. The Morgan fingerprint density at radius 2 is 1.96 bits per heavy atom. The number of carbonyl (C=O) groups excluding carboxylic acids is 1. The molecule has 0 spiro atoms. The van der Waals surface area contributed by atoms with Crippen molar-refractivity contribution >= 4 is 23.6 Å². The monoisotopic (exact) mass is 362 g/mol. The number of hydrogen-bond donors (Lipinski definition) is 2. The Bertz CT molecular complexity index is 570. The molecule has 2 N–H and O–H groups in total. The summed E-state index contributed by atoms with van der Waals surface area (Å²) in [6.45, 7) is 1.85. The molecule has 1 aliphatic rings. The van der Waals surface area contributed by atoms with E-state index in [4.69, 9.17) is 0 Å². The fourth-order valence-electron chi connectivity index (χ4n) is 2.95. The molecule has 1 fully saturated rings. The molecule has 0 unspecified atom stereocenters. The topological polar surface area (TPSA) is 56.7 Å². The summed E-state index contributed by atoms with van der Waals surface area (Å²) in [7, 11) is 3.51. The van der Waals surface area contributed by atoms with Crippen molar-refractivity contribution in [3.05, 3.63) is 35.9 Å². The highest BCUT2D eigenvalue weighted by Gasteiger charge is 2.38. The number of benzene rings is 1. The van der Waals surface area contributed by atoms with Gasteiger partial charge < -0.3 is 15.5 Å². The van der Waals surface area contributed by atoms with Crippen LogP contribution in [0.1, 0.15) is 24.8 Å². The normalized spacial score (nSPS) is 16.0. The Labute approximate surface area is 155 Å². The SMILES string of the molecule is CSCCNC(=NCC(=O)N(C)C)NCC1(c2ccccc2)CCC1. The van der Waals surface area contributed by atoms with E-state index in [0.717, 1.165) is 24.8 Å². The Morgan fingerprint density at radius 3 is 2.52 bits per heavy atom. The minimum Gasteiger partial charge on any atom is -0.356 e. The van der Waals surface area contributed by atoms with Gasteiger partial charge in [-0.2, -0.15) is 11.8 Å². The fraction of sp³-hybridized carbons (Fsp3) is 0.579. The maximum absolute atomic E-state index is 11.8. The Hall–Kier alpha value is -1.69. The summed E-state index contributed by atoms with van der Waals surface area (Å²) in [6.07, 6.45) is 5.74. The van der Waals surface area contributed by atoms with Gasteiger partial charge in [-0.1, -0.05) is 36.8 Å². The number of guanidine groups is 1. The average molecular weight is 363 g/mol. The smallest absolute Gasteiger partial charge is 0.243 e. The van der Waals surface area contributed by atoms with Crippen LogP contribution in [0.15, 0.2) is 35.3 Å². The zero-order valence-corrected chi connectivity index (χ0v) is 16.4. The lowest BCUT2D eigenvalue weighted by molar-refractivity contribution is -0.127. The second-order valence-corrected chi connectivity index (χ2v) is 7.71. The number of amides is 1. The van der Waals surface area contributed by atoms with Crippen molar-refractivity contribution in [3.63, 3.8) is 0 Å². The maximum Gasteiger partial charge on any atom is 0.243 e. The van der Waals surface area contributed by atoms with Crippen LogP contribution in [-0.2, 0) is 10.2 Å². The molecule has 1 amide bonds.